The number of aromatic nitrogens is 2. The largest absolute Gasteiger partial charge is 0.489 e. The van der Waals surface area contributed by atoms with Gasteiger partial charge in [-0.3, -0.25) is 4.90 Å². The number of thiophene rings is 1. The molecule has 0 spiro atoms. The molecular formula is C29H30ClF2N5O3S. The summed E-state index contributed by atoms with van der Waals surface area (Å²) in [5, 5.41) is 1.36. The number of nitrogens with two attached hydrogens (primary N) is 1. The average molecular weight is 602 g/mol. The zero-order chi connectivity index (χ0) is 28.4. The van der Waals surface area contributed by atoms with Crippen LogP contribution in [0.1, 0.15) is 26.2 Å². The van der Waals surface area contributed by atoms with E-state index in [4.69, 9.17) is 36.5 Å². The Balaban J connectivity index is 1.46. The SMILES string of the molecule is C[C@H](Oc1nc2c3c(c(Cl)c(-c4ccc(F)c5sc(N)cc45)c(F)c3n1)OCCN2C1CCOC1)C1CCCN1C. The molecule has 41 heavy (non-hydrogen) atoms. The van der Waals surface area contributed by atoms with Crippen LogP contribution in [0.2, 0.25) is 5.02 Å². The number of anilines is 2. The van der Waals surface area contributed by atoms with Gasteiger partial charge in [0.2, 0.25) is 0 Å². The molecule has 2 aromatic heterocycles. The Morgan fingerprint density at radius 3 is 2.80 bits per heavy atom. The number of nitrogen functional groups attached to an aromatic ring is 1. The standard InChI is InChI=1S/C29H30ClF2N5O3S/c1-14(19-4-3-8-36(19)2)40-29-34-25-22-26(39-11-9-37(28(22)35-29)15-7-10-38-13-15)23(30)21(24(25)32)16-5-6-18(31)27-17(16)12-20(33)41-27/h5-6,12,14-15,19H,3-4,7-11,13,33H2,1-2H3/t14-,15?,19?/m0/s1. The molecule has 0 bridgehead atoms. The van der Waals surface area contributed by atoms with Gasteiger partial charge in [0, 0.05) is 23.6 Å². The van der Waals surface area contributed by atoms with Gasteiger partial charge >= 0.3 is 6.01 Å². The van der Waals surface area contributed by atoms with E-state index in [0.717, 1.165) is 37.1 Å². The lowest BCUT2D eigenvalue weighted by molar-refractivity contribution is 0.112. The van der Waals surface area contributed by atoms with Gasteiger partial charge in [0.05, 0.1) is 39.3 Å². The van der Waals surface area contributed by atoms with Gasteiger partial charge < -0.3 is 24.8 Å². The molecule has 2 N–H and O–H groups in total. The Bertz CT molecular complexity index is 1660. The Morgan fingerprint density at radius 1 is 1.20 bits per heavy atom. The van der Waals surface area contributed by atoms with E-state index >= 15 is 4.39 Å². The lowest BCUT2D eigenvalue weighted by atomic mass is 9.98. The third-order valence-corrected chi connectivity index (χ3v) is 9.81. The number of nitrogens with zero attached hydrogens (tertiary/aromatic N) is 4. The molecule has 4 aromatic rings. The zero-order valence-corrected chi connectivity index (χ0v) is 24.3. The molecule has 2 aromatic carbocycles. The van der Waals surface area contributed by atoms with Crippen LogP contribution in [0.4, 0.5) is 19.6 Å². The first-order valence-electron chi connectivity index (χ1n) is 13.9. The summed E-state index contributed by atoms with van der Waals surface area (Å²) in [4.78, 5) is 13.8. The van der Waals surface area contributed by atoms with Crippen molar-refractivity contribution in [1.29, 1.82) is 0 Å². The van der Waals surface area contributed by atoms with Crippen molar-refractivity contribution in [1.82, 2.24) is 14.9 Å². The monoisotopic (exact) mass is 601 g/mol. The summed E-state index contributed by atoms with van der Waals surface area (Å²) in [6.45, 7) is 4.96. The second-order valence-electron chi connectivity index (χ2n) is 10.9. The number of hydrogen-bond donors (Lipinski definition) is 1. The molecule has 8 nitrogen and oxygen atoms in total. The average Bonchev–Trinajstić information content (AvgIpc) is 3.69. The number of hydrogen-bond acceptors (Lipinski definition) is 9. The smallest absolute Gasteiger partial charge is 0.319 e. The van der Waals surface area contributed by atoms with Gasteiger partial charge in [-0.05, 0) is 57.5 Å². The summed E-state index contributed by atoms with van der Waals surface area (Å²) in [6, 6.07) is 4.79. The van der Waals surface area contributed by atoms with Crippen molar-refractivity contribution in [2.45, 2.75) is 44.4 Å². The maximum atomic E-state index is 16.8. The fraction of sp³-hybridized carbons (Fsp3) is 0.448. The fourth-order valence-electron chi connectivity index (χ4n) is 6.44. The first kappa shape index (κ1) is 26.9. The van der Waals surface area contributed by atoms with Gasteiger partial charge in [-0.2, -0.15) is 9.97 Å². The molecule has 0 saturated carbocycles. The molecule has 3 atom stereocenters. The first-order chi connectivity index (χ1) is 19.8. The van der Waals surface area contributed by atoms with E-state index in [9.17, 15) is 4.39 Å². The fourth-order valence-corrected chi connectivity index (χ4v) is 7.63. The summed E-state index contributed by atoms with van der Waals surface area (Å²) in [7, 11) is 2.08. The number of ether oxygens (including phenoxy) is 3. The number of rotatable bonds is 5. The lowest BCUT2D eigenvalue weighted by Crippen LogP contribution is -2.39. The zero-order valence-electron chi connectivity index (χ0n) is 22.8. The topological polar surface area (TPSA) is 86.0 Å². The van der Waals surface area contributed by atoms with Crippen molar-refractivity contribution in [3.8, 4) is 22.9 Å². The third-order valence-electron chi connectivity index (χ3n) is 8.47. The highest BCUT2D eigenvalue weighted by molar-refractivity contribution is 7.22. The van der Waals surface area contributed by atoms with Gasteiger partial charge in [0.15, 0.2) is 11.6 Å². The molecule has 216 valence electrons. The highest BCUT2D eigenvalue weighted by atomic mass is 35.5. The van der Waals surface area contributed by atoms with E-state index in [1.165, 1.54) is 12.1 Å². The summed E-state index contributed by atoms with van der Waals surface area (Å²) < 4.78 is 50.1. The van der Waals surface area contributed by atoms with Crippen molar-refractivity contribution in [2.75, 3.05) is 50.6 Å². The molecule has 0 amide bonds. The maximum absolute atomic E-state index is 16.8. The quantitative estimate of drug-likeness (QED) is 0.304. The predicted octanol–water partition coefficient (Wildman–Crippen LogP) is 5.87. The van der Waals surface area contributed by atoms with Gasteiger partial charge in [0.1, 0.15) is 29.9 Å². The molecule has 2 unspecified atom stereocenters. The van der Waals surface area contributed by atoms with Crippen molar-refractivity contribution in [3.05, 3.63) is 34.9 Å². The van der Waals surface area contributed by atoms with E-state index in [1.807, 2.05) is 6.92 Å². The van der Waals surface area contributed by atoms with E-state index in [1.54, 1.807) is 6.07 Å². The summed E-state index contributed by atoms with van der Waals surface area (Å²) in [5.74, 6) is -0.280. The summed E-state index contributed by atoms with van der Waals surface area (Å²) in [5.41, 5.74) is 6.55. The van der Waals surface area contributed by atoms with Crippen LogP contribution in [0.15, 0.2) is 18.2 Å². The summed E-state index contributed by atoms with van der Waals surface area (Å²) in [6.07, 6.45) is 2.68. The number of likely N-dealkylation sites (tertiary alicyclic amines) is 1. The molecule has 7 rings (SSSR count). The number of fused-ring (bicyclic) bond motifs is 1. The minimum atomic E-state index is -0.654. The molecule has 2 fully saturated rings. The van der Waals surface area contributed by atoms with Gasteiger partial charge in [0.25, 0.3) is 0 Å². The van der Waals surface area contributed by atoms with E-state index in [2.05, 4.69) is 21.8 Å². The van der Waals surface area contributed by atoms with Crippen LogP contribution in [-0.2, 0) is 4.74 Å². The normalized spacial score (nSPS) is 21.9. The number of likely N-dealkylation sites (N-methyl/N-ethyl adjacent to an activating group) is 1. The first-order valence-corrected chi connectivity index (χ1v) is 15.1. The van der Waals surface area contributed by atoms with Gasteiger partial charge in [-0.1, -0.05) is 17.7 Å². The van der Waals surface area contributed by atoms with E-state index < -0.39 is 11.6 Å². The summed E-state index contributed by atoms with van der Waals surface area (Å²) >= 11 is 8.07. The van der Waals surface area contributed by atoms with Crippen LogP contribution in [-0.4, -0.2) is 73.0 Å². The number of halogens is 3. The highest BCUT2D eigenvalue weighted by Gasteiger charge is 2.35. The Labute approximate surface area is 244 Å². The molecule has 12 heteroatoms. The maximum Gasteiger partial charge on any atom is 0.319 e. The molecule has 5 heterocycles. The predicted molar refractivity (Wildman–Crippen MR) is 158 cm³/mol. The van der Waals surface area contributed by atoms with E-state index in [0.29, 0.717) is 64.0 Å². The van der Waals surface area contributed by atoms with Crippen molar-refractivity contribution in [2.24, 2.45) is 0 Å². The van der Waals surface area contributed by atoms with Crippen LogP contribution < -0.4 is 20.1 Å². The Hall–Kier alpha value is -2.99. The minimum absolute atomic E-state index is 0.0397. The van der Waals surface area contributed by atoms with Crippen LogP contribution in [0.3, 0.4) is 0 Å². The molecule has 2 saturated heterocycles. The molecular weight excluding hydrogens is 572 g/mol. The highest BCUT2D eigenvalue weighted by Crippen LogP contribution is 2.50. The molecule has 3 aliphatic heterocycles. The molecule has 0 aliphatic carbocycles. The third kappa shape index (κ3) is 4.45. The van der Waals surface area contributed by atoms with E-state index in [-0.39, 0.29) is 40.3 Å². The van der Waals surface area contributed by atoms with Gasteiger partial charge in [-0.15, -0.1) is 11.3 Å². The minimum Gasteiger partial charge on any atom is -0.489 e. The van der Waals surface area contributed by atoms with Crippen molar-refractivity contribution < 1.29 is 23.0 Å². The number of benzene rings is 2. The van der Waals surface area contributed by atoms with Crippen LogP contribution in [0, 0.1) is 11.6 Å². The van der Waals surface area contributed by atoms with Crippen LogP contribution in [0.25, 0.3) is 32.1 Å². The second kappa shape index (κ2) is 10.4. The Kier molecular flexibility index (Phi) is 6.80. The van der Waals surface area contributed by atoms with Crippen LogP contribution >= 0.6 is 22.9 Å². The Morgan fingerprint density at radius 2 is 2.05 bits per heavy atom. The lowest BCUT2D eigenvalue weighted by Gasteiger charge is -2.29. The van der Waals surface area contributed by atoms with Crippen LogP contribution in [0.5, 0.6) is 11.8 Å². The molecule has 3 aliphatic rings. The second-order valence-corrected chi connectivity index (χ2v) is 12.4. The van der Waals surface area contributed by atoms with Crippen molar-refractivity contribution in [3.63, 3.8) is 0 Å². The molecule has 0 radical (unpaired) electrons. The van der Waals surface area contributed by atoms with Gasteiger partial charge in [-0.25, -0.2) is 8.78 Å². The van der Waals surface area contributed by atoms with Crippen molar-refractivity contribution >= 4 is 54.7 Å².